The van der Waals surface area contributed by atoms with Crippen LogP contribution in [0.1, 0.15) is 31.0 Å². The molecule has 2 aromatic rings. The second-order valence-electron chi connectivity index (χ2n) is 5.73. The first kappa shape index (κ1) is 15.5. The van der Waals surface area contributed by atoms with E-state index in [4.69, 9.17) is 0 Å². The zero-order valence-corrected chi connectivity index (χ0v) is 12.5. The number of anilines is 1. The van der Waals surface area contributed by atoms with Crippen LogP contribution in [0.15, 0.2) is 48.5 Å². The molecular formula is C18H22FNO. The highest BCUT2D eigenvalue weighted by Gasteiger charge is 2.10. The lowest BCUT2D eigenvalue weighted by Gasteiger charge is -2.18. The Morgan fingerprint density at radius 2 is 1.81 bits per heavy atom. The molecule has 2 N–H and O–H groups in total. The maximum atomic E-state index is 13.2. The summed E-state index contributed by atoms with van der Waals surface area (Å²) in [5.41, 5.74) is 2.95. The van der Waals surface area contributed by atoms with Crippen LogP contribution in [0.2, 0.25) is 0 Å². The minimum atomic E-state index is -0.288. The molecule has 1 unspecified atom stereocenters. The van der Waals surface area contributed by atoms with Crippen LogP contribution in [0.5, 0.6) is 0 Å². The molecule has 0 aliphatic heterocycles. The molecule has 112 valence electrons. The lowest BCUT2D eigenvalue weighted by Crippen LogP contribution is -2.15. The Morgan fingerprint density at radius 3 is 2.38 bits per heavy atom. The van der Waals surface area contributed by atoms with E-state index in [2.05, 4.69) is 31.3 Å². The fourth-order valence-corrected chi connectivity index (χ4v) is 2.37. The van der Waals surface area contributed by atoms with Crippen molar-refractivity contribution >= 4 is 5.69 Å². The minimum Gasteiger partial charge on any atom is -0.394 e. The van der Waals surface area contributed by atoms with Crippen LogP contribution in [0.4, 0.5) is 10.1 Å². The standard InChI is InChI=1S/C18H22FNO/c1-13(2)10-14-6-8-15(9-7-14)18(12-21)20-17-5-3-4-16(19)11-17/h3-9,11,13,18,20-21H,10,12H2,1-2H3. The van der Waals surface area contributed by atoms with E-state index >= 15 is 0 Å². The van der Waals surface area contributed by atoms with Gasteiger partial charge in [-0.2, -0.15) is 0 Å². The van der Waals surface area contributed by atoms with Gasteiger partial charge in [-0.15, -0.1) is 0 Å². The second kappa shape index (κ2) is 7.23. The lowest BCUT2D eigenvalue weighted by molar-refractivity contribution is 0.276. The Balaban J connectivity index is 2.10. The summed E-state index contributed by atoms with van der Waals surface area (Å²) < 4.78 is 13.2. The van der Waals surface area contributed by atoms with Crippen LogP contribution in [0.25, 0.3) is 0 Å². The van der Waals surface area contributed by atoms with Crippen molar-refractivity contribution in [1.82, 2.24) is 0 Å². The first-order valence-corrected chi connectivity index (χ1v) is 7.30. The maximum absolute atomic E-state index is 13.2. The van der Waals surface area contributed by atoms with Crippen LogP contribution >= 0.6 is 0 Å². The van der Waals surface area contributed by atoms with Crippen molar-refractivity contribution in [2.24, 2.45) is 5.92 Å². The summed E-state index contributed by atoms with van der Waals surface area (Å²) in [4.78, 5) is 0. The number of aliphatic hydroxyl groups is 1. The maximum Gasteiger partial charge on any atom is 0.125 e. The molecule has 0 spiro atoms. The first-order valence-electron chi connectivity index (χ1n) is 7.30. The smallest absolute Gasteiger partial charge is 0.125 e. The molecule has 0 aromatic heterocycles. The van der Waals surface area contributed by atoms with Gasteiger partial charge in [0.2, 0.25) is 0 Å². The molecule has 0 radical (unpaired) electrons. The number of aliphatic hydroxyl groups excluding tert-OH is 1. The Hall–Kier alpha value is -1.87. The van der Waals surface area contributed by atoms with Crippen LogP contribution in [0.3, 0.4) is 0 Å². The van der Waals surface area contributed by atoms with E-state index in [-0.39, 0.29) is 18.5 Å². The number of hydrogen-bond acceptors (Lipinski definition) is 2. The Kier molecular flexibility index (Phi) is 5.34. The molecule has 2 aromatic carbocycles. The molecule has 0 saturated heterocycles. The fraction of sp³-hybridized carbons (Fsp3) is 0.333. The van der Waals surface area contributed by atoms with Gasteiger partial charge in [-0.25, -0.2) is 4.39 Å². The van der Waals surface area contributed by atoms with E-state index < -0.39 is 0 Å². The third-order valence-corrected chi connectivity index (χ3v) is 3.37. The number of nitrogens with one attached hydrogen (secondary N) is 1. The topological polar surface area (TPSA) is 32.3 Å². The quantitative estimate of drug-likeness (QED) is 0.835. The van der Waals surface area contributed by atoms with Crippen molar-refractivity contribution in [2.75, 3.05) is 11.9 Å². The molecule has 1 atom stereocenters. The van der Waals surface area contributed by atoms with Gasteiger partial charge in [0.05, 0.1) is 12.6 Å². The van der Waals surface area contributed by atoms with Crippen molar-refractivity contribution in [2.45, 2.75) is 26.3 Å². The van der Waals surface area contributed by atoms with Crippen molar-refractivity contribution in [3.8, 4) is 0 Å². The van der Waals surface area contributed by atoms with E-state index in [1.54, 1.807) is 12.1 Å². The van der Waals surface area contributed by atoms with Gasteiger partial charge in [0.15, 0.2) is 0 Å². The van der Waals surface area contributed by atoms with Crippen molar-refractivity contribution in [1.29, 1.82) is 0 Å². The fourth-order valence-electron chi connectivity index (χ4n) is 2.37. The highest BCUT2D eigenvalue weighted by molar-refractivity contribution is 5.46. The van der Waals surface area contributed by atoms with Crippen LogP contribution in [0, 0.1) is 11.7 Å². The molecule has 0 saturated carbocycles. The number of hydrogen-bond donors (Lipinski definition) is 2. The predicted molar refractivity (Wildman–Crippen MR) is 84.8 cm³/mol. The van der Waals surface area contributed by atoms with Gasteiger partial charge in [0.25, 0.3) is 0 Å². The molecule has 0 aliphatic rings. The van der Waals surface area contributed by atoms with Crippen molar-refractivity contribution in [3.63, 3.8) is 0 Å². The molecule has 0 bridgehead atoms. The summed E-state index contributed by atoms with van der Waals surface area (Å²) >= 11 is 0. The predicted octanol–water partition coefficient (Wildman–Crippen LogP) is 4.17. The highest BCUT2D eigenvalue weighted by atomic mass is 19.1. The highest BCUT2D eigenvalue weighted by Crippen LogP contribution is 2.21. The first-order chi connectivity index (χ1) is 10.1. The van der Waals surface area contributed by atoms with Gasteiger partial charge >= 0.3 is 0 Å². The van der Waals surface area contributed by atoms with E-state index in [1.807, 2.05) is 12.1 Å². The van der Waals surface area contributed by atoms with E-state index in [1.165, 1.54) is 17.7 Å². The summed E-state index contributed by atoms with van der Waals surface area (Å²) in [6.07, 6.45) is 1.04. The largest absolute Gasteiger partial charge is 0.394 e. The normalized spacial score (nSPS) is 12.4. The molecule has 3 heteroatoms. The molecule has 2 rings (SSSR count). The Morgan fingerprint density at radius 1 is 1.10 bits per heavy atom. The van der Waals surface area contributed by atoms with Crippen molar-refractivity contribution in [3.05, 3.63) is 65.5 Å². The SMILES string of the molecule is CC(C)Cc1ccc(C(CO)Nc2cccc(F)c2)cc1. The molecule has 21 heavy (non-hydrogen) atoms. The monoisotopic (exact) mass is 287 g/mol. The van der Waals surface area contributed by atoms with Gasteiger partial charge in [0.1, 0.15) is 5.82 Å². The van der Waals surface area contributed by atoms with Gasteiger partial charge in [0, 0.05) is 5.69 Å². The average molecular weight is 287 g/mol. The molecule has 2 nitrogen and oxygen atoms in total. The molecule has 0 fully saturated rings. The van der Waals surface area contributed by atoms with Gasteiger partial charge < -0.3 is 10.4 Å². The second-order valence-corrected chi connectivity index (χ2v) is 5.73. The minimum absolute atomic E-state index is 0.0416. The summed E-state index contributed by atoms with van der Waals surface area (Å²) in [6.45, 7) is 4.34. The number of benzene rings is 2. The van der Waals surface area contributed by atoms with Gasteiger partial charge in [-0.1, -0.05) is 44.2 Å². The summed E-state index contributed by atoms with van der Waals surface area (Å²) in [6, 6.07) is 14.2. The Labute approximate surface area is 125 Å². The molecular weight excluding hydrogens is 265 g/mol. The number of halogens is 1. The Bertz CT molecular complexity index is 566. The zero-order chi connectivity index (χ0) is 15.2. The van der Waals surface area contributed by atoms with E-state index in [0.29, 0.717) is 11.6 Å². The molecule has 0 aliphatic carbocycles. The summed E-state index contributed by atoms with van der Waals surface area (Å²) in [5, 5.41) is 12.7. The number of rotatable bonds is 6. The van der Waals surface area contributed by atoms with Crippen molar-refractivity contribution < 1.29 is 9.50 Å². The van der Waals surface area contributed by atoms with Crippen LogP contribution < -0.4 is 5.32 Å². The van der Waals surface area contributed by atoms with E-state index in [0.717, 1.165) is 12.0 Å². The summed E-state index contributed by atoms with van der Waals surface area (Å²) in [7, 11) is 0. The third-order valence-electron chi connectivity index (χ3n) is 3.37. The van der Waals surface area contributed by atoms with Gasteiger partial charge in [-0.05, 0) is 41.7 Å². The van der Waals surface area contributed by atoms with Gasteiger partial charge in [-0.3, -0.25) is 0 Å². The van der Waals surface area contributed by atoms with Crippen LogP contribution in [-0.2, 0) is 6.42 Å². The average Bonchev–Trinajstić information content (AvgIpc) is 2.45. The zero-order valence-electron chi connectivity index (χ0n) is 12.5. The lowest BCUT2D eigenvalue weighted by atomic mass is 9.99. The summed E-state index contributed by atoms with van der Waals surface area (Å²) in [5.74, 6) is 0.332. The third kappa shape index (κ3) is 4.57. The van der Waals surface area contributed by atoms with E-state index in [9.17, 15) is 9.50 Å². The molecule has 0 amide bonds. The molecule has 0 heterocycles. The van der Waals surface area contributed by atoms with Crippen LogP contribution in [-0.4, -0.2) is 11.7 Å².